The normalized spacial score (nSPS) is 17.6. The van der Waals surface area contributed by atoms with Crippen LogP contribution in [0.1, 0.15) is 36.0 Å². The van der Waals surface area contributed by atoms with Crippen molar-refractivity contribution in [3.63, 3.8) is 0 Å². The summed E-state index contributed by atoms with van der Waals surface area (Å²) >= 11 is 12.2. The van der Waals surface area contributed by atoms with Crippen molar-refractivity contribution >= 4 is 35.4 Å². The van der Waals surface area contributed by atoms with Gasteiger partial charge in [-0.25, -0.2) is 4.79 Å². The first-order valence-corrected chi connectivity index (χ1v) is 8.45. The zero-order valence-corrected chi connectivity index (χ0v) is 14.6. The van der Waals surface area contributed by atoms with Crippen molar-refractivity contribution in [2.45, 2.75) is 25.3 Å². The molecule has 124 valence electrons. The fourth-order valence-corrected chi connectivity index (χ4v) is 3.48. The Morgan fingerprint density at radius 3 is 2.67 bits per heavy atom. The van der Waals surface area contributed by atoms with E-state index in [1.165, 1.54) is 5.56 Å². The van der Waals surface area contributed by atoms with Crippen molar-refractivity contribution in [1.29, 1.82) is 0 Å². The van der Waals surface area contributed by atoms with Crippen molar-refractivity contribution in [3.8, 4) is 0 Å². The van der Waals surface area contributed by atoms with E-state index in [9.17, 15) is 4.79 Å². The monoisotopic (exact) mass is 361 g/mol. The number of rotatable bonds is 3. The zero-order chi connectivity index (χ0) is 17.3. The minimum Gasteiger partial charge on any atom is -0.465 e. The lowest BCUT2D eigenvalue weighted by molar-refractivity contribution is 0.192. The summed E-state index contributed by atoms with van der Waals surface area (Å²) in [5.41, 5.74) is 4.44. The number of amides is 1. The molecular weight excluding hydrogens is 345 g/mol. The van der Waals surface area contributed by atoms with Crippen LogP contribution in [0, 0.1) is 0 Å². The highest BCUT2D eigenvalue weighted by atomic mass is 35.5. The molecule has 5 heteroatoms. The Balaban J connectivity index is 2.02. The highest BCUT2D eigenvalue weighted by Crippen LogP contribution is 2.40. The summed E-state index contributed by atoms with van der Waals surface area (Å²) in [6, 6.07) is 13.6. The summed E-state index contributed by atoms with van der Waals surface area (Å²) in [6.45, 7) is 1.86. The van der Waals surface area contributed by atoms with E-state index in [4.69, 9.17) is 28.3 Å². The third-order valence-electron chi connectivity index (χ3n) is 4.39. The summed E-state index contributed by atoms with van der Waals surface area (Å²) < 4.78 is 0. The maximum absolute atomic E-state index is 11.0. The van der Waals surface area contributed by atoms with Crippen molar-refractivity contribution < 1.29 is 9.90 Å². The molecule has 0 saturated heterocycles. The van der Waals surface area contributed by atoms with Gasteiger partial charge >= 0.3 is 6.09 Å². The van der Waals surface area contributed by atoms with E-state index in [1.54, 1.807) is 6.07 Å². The zero-order valence-electron chi connectivity index (χ0n) is 13.1. The molecule has 0 fully saturated rings. The average molecular weight is 362 g/mol. The second kappa shape index (κ2) is 6.88. The largest absolute Gasteiger partial charge is 0.465 e. The van der Waals surface area contributed by atoms with Gasteiger partial charge in [0.15, 0.2) is 0 Å². The number of benzene rings is 2. The second-order valence-electron chi connectivity index (χ2n) is 5.95. The molecule has 0 spiro atoms. The smallest absolute Gasteiger partial charge is 0.405 e. The Labute approximate surface area is 150 Å². The van der Waals surface area contributed by atoms with Gasteiger partial charge in [0.25, 0.3) is 0 Å². The molecule has 1 aliphatic rings. The molecule has 1 aliphatic carbocycles. The molecule has 0 aliphatic heterocycles. The number of carboxylic acid groups (broad SMARTS) is 1. The highest BCUT2D eigenvalue weighted by molar-refractivity contribution is 6.42. The molecule has 2 atom stereocenters. The van der Waals surface area contributed by atoms with Gasteiger partial charge < -0.3 is 10.4 Å². The first-order chi connectivity index (χ1) is 11.5. The van der Waals surface area contributed by atoms with E-state index in [-0.39, 0.29) is 12.0 Å². The number of hydrogen-bond acceptors (Lipinski definition) is 1. The van der Waals surface area contributed by atoms with E-state index in [0.717, 1.165) is 23.1 Å². The van der Waals surface area contributed by atoms with Gasteiger partial charge in [-0.1, -0.05) is 59.6 Å². The summed E-state index contributed by atoms with van der Waals surface area (Å²) in [5, 5.41) is 12.6. The van der Waals surface area contributed by atoms with Gasteiger partial charge in [-0.15, -0.1) is 0 Å². The van der Waals surface area contributed by atoms with Crippen LogP contribution in [0.5, 0.6) is 0 Å². The third kappa shape index (κ3) is 3.42. The van der Waals surface area contributed by atoms with Crippen LogP contribution in [0.4, 0.5) is 4.79 Å². The number of carbonyl (C=O) groups is 1. The van der Waals surface area contributed by atoms with Crippen LogP contribution in [0.15, 0.2) is 48.0 Å². The molecule has 0 aromatic heterocycles. The van der Waals surface area contributed by atoms with Crippen molar-refractivity contribution in [1.82, 2.24) is 5.32 Å². The van der Waals surface area contributed by atoms with E-state index in [0.29, 0.717) is 10.0 Å². The molecule has 24 heavy (non-hydrogen) atoms. The fraction of sp³-hybridized carbons (Fsp3) is 0.211. The van der Waals surface area contributed by atoms with Crippen molar-refractivity contribution in [2.75, 3.05) is 0 Å². The Hall–Kier alpha value is -1.97. The molecule has 0 saturated carbocycles. The van der Waals surface area contributed by atoms with Gasteiger partial charge in [-0.3, -0.25) is 0 Å². The maximum Gasteiger partial charge on any atom is 0.405 e. The molecule has 2 N–H and O–H groups in total. The third-order valence-corrected chi connectivity index (χ3v) is 5.13. The van der Waals surface area contributed by atoms with E-state index >= 15 is 0 Å². The predicted molar refractivity (Wildman–Crippen MR) is 98.0 cm³/mol. The Kier molecular flexibility index (Phi) is 4.83. The van der Waals surface area contributed by atoms with Crippen LogP contribution in [0.25, 0.3) is 6.08 Å². The number of halogens is 2. The molecule has 2 aromatic carbocycles. The van der Waals surface area contributed by atoms with Crippen LogP contribution >= 0.6 is 23.2 Å². The summed E-state index contributed by atoms with van der Waals surface area (Å²) in [5.74, 6) is 0.119. The minimum absolute atomic E-state index is 0.119. The number of nitrogens with one attached hydrogen (secondary N) is 1. The van der Waals surface area contributed by atoms with Crippen LogP contribution in [0.2, 0.25) is 10.0 Å². The molecule has 0 radical (unpaired) electrons. The van der Waals surface area contributed by atoms with Gasteiger partial charge in [0.1, 0.15) is 0 Å². The summed E-state index contributed by atoms with van der Waals surface area (Å²) in [7, 11) is 0. The lowest BCUT2D eigenvalue weighted by Crippen LogP contribution is -2.33. The highest BCUT2D eigenvalue weighted by Gasteiger charge is 2.26. The SMILES string of the molecule is CC(NC(=O)O)C1=Cc2ccccc2[C@H](c2ccc(Cl)c(Cl)c2)C1. The molecule has 3 nitrogen and oxygen atoms in total. The number of fused-ring (bicyclic) bond motifs is 1. The molecule has 0 heterocycles. The van der Waals surface area contributed by atoms with E-state index in [2.05, 4.69) is 17.5 Å². The van der Waals surface area contributed by atoms with Gasteiger partial charge in [-0.2, -0.15) is 0 Å². The lowest BCUT2D eigenvalue weighted by atomic mass is 9.77. The molecule has 1 unspecified atom stereocenters. The van der Waals surface area contributed by atoms with Crippen molar-refractivity contribution in [2.24, 2.45) is 0 Å². The Morgan fingerprint density at radius 2 is 1.96 bits per heavy atom. The summed E-state index contributed by atoms with van der Waals surface area (Å²) in [6.07, 6.45) is 1.79. The first-order valence-electron chi connectivity index (χ1n) is 7.69. The second-order valence-corrected chi connectivity index (χ2v) is 6.76. The van der Waals surface area contributed by atoms with Gasteiger partial charge in [0, 0.05) is 5.92 Å². The molecule has 0 bridgehead atoms. The Morgan fingerprint density at radius 1 is 1.21 bits per heavy atom. The topological polar surface area (TPSA) is 49.3 Å². The molecular formula is C19H17Cl2NO2. The van der Waals surface area contributed by atoms with Crippen LogP contribution in [0.3, 0.4) is 0 Å². The Bertz CT molecular complexity index is 817. The van der Waals surface area contributed by atoms with Gasteiger partial charge in [0.2, 0.25) is 0 Å². The molecule has 1 amide bonds. The van der Waals surface area contributed by atoms with Crippen LogP contribution < -0.4 is 5.32 Å². The average Bonchev–Trinajstić information content (AvgIpc) is 2.55. The van der Waals surface area contributed by atoms with Crippen LogP contribution in [-0.4, -0.2) is 17.2 Å². The maximum atomic E-state index is 11.0. The first kappa shape index (κ1) is 16.9. The standard InChI is InChI=1S/C19H17Cl2NO2/c1-11(22-19(23)24)14-8-12-4-2-3-5-15(12)16(9-14)13-6-7-17(20)18(21)10-13/h2-8,10-11,16,22H,9H2,1H3,(H,23,24)/t11?,16-/m0/s1. The fourth-order valence-electron chi connectivity index (χ4n) is 3.17. The van der Waals surface area contributed by atoms with Crippen molar-refractivity contribution in [3.05, 3.63) is 74.8 Å². The summed E-state index contributed by atoms with van der Waals surface area (Å²) in [4.78, 5) is 11.0. The van der Waals surface area contributed by atoms with Gasteiger partial charge in [0.05, 0.1) is 16.1 Å². The molecule has 3 rings (SSSR count). The molecule has 2 aromatic rings. The number of hydrogen-bond donors (Lipinski definition) is 2. The van der Waals surface area contributed by atoms with Gasteiger partial charge in [-0.05, 0) is 47.7 Å². The predicted octanol–water partition coefficient (Wildman–Crippen LogP) is 5.57. The van der Waals surface area contributed by atoms with Crippen LogP contribution in [-0.2, 0) is 0 Å². The van der Waals surface area contributed by atoms with E-state index < -0.39 is 6.09 Å². The quantitative estimate of drug-likeness (QED) is 0.750. The van der Waals surface area contributed by atoms with E-state index in [1.807, 2.05) is 37.3 Å². The lowest BCUT2D eigenvalue weighted by Gasteiger charge is -2.29. The minimum atomic E-state index is -1.02.